The number of aromatic nitrogens is 1. The monoisotopic (exact) mass is 440 g/mol. The van der Waals surface area contributed by atoms with Crippen molar-refractivity contribution in [3.05, 3.63) is 35.5 Å². The first kappa shape index (κ1) is 23.3. The fourth-order valence-electron chi connectivity index (χ4n) is 5.76. The molecule has 0 amide bonds. The van der Waals surface area contributed by atoms with Crippen LogP contribution in [0.2, 0.25) is 0 Å². The van der Waals surface area contributed by atoms with Crippen LogP contribution >= 0.6 is 0 Å². The molecule has 0 bridgehead atoms. The summed E-state index contributed by atoms with van der Waals surface area (Å²) in [4.78, 5) is 15.6. The van der Waals surface area contributed by atoms with Crippen LogP contribution in [0, 0.1) is 5.92 Å². The summed E-state index contributed by atoms with van der Waals surface area (Å²) in [5.74, 6) is 0.236. The summed E-state index contributed by atoms with van der Waals surface area (Å²) in [5.41, 5.74) is 4.22. The van der Waals surface area contributed by atoms with E-state index >= 15 is 0 Å². The van der Waals surface area contributed by atoms with Crippen molar-refractivity contribution in [3.8, 4) is 0 Å². The highest BCUT2D eigenvalue weighted by atomic mass is 16.6. The predicted octanol–water partition coefficient (Wildman–Crippen LogP) is 5.32. The highest BCUT2D eigenvalue weighted by molar-refractivity contribution is 5.89. The Labute approximate surface area is 193 Å². The Kier molecular flexibility index (Phi) is 7.26. The quantitative estimate of drug-likeness (QED) is 0.495. The first-order valence-electron chi connectivity index (χ1n) is 12.6. The summed E-state index contributed by atoms with van der Waals surface area (Å²) in [5, 5.41) is 1.43. The van der Waals surface area contributed by atoms with Crippen molar-refractivity contribution in [1.82, 2.24) is 9.47 Å². The van der Waals surface area contributed by atoms with Crippen LogP contribution in [0.1, 0.15) is 77.0 Å². The van der Waals surface area contributed by atoms with Gasteiger partial charge in [-0.25, -0.2) is 0 Å². The van der Waals surface area contributed by atoms with Gasteiger partial charge in [0.05, 0.1) is 12.0 Å². The zero-order valence-corrected chi connectivity index (χ0v) is 20.5. The Hall–Kier alpha value is -1.85. The number of rotatable bonds is 9. The lowest BCUT2D eigenvalue weighted by atomic mass is 9.72. The second kappa shape index (κ2) is 9.96. The van der Waals surface area contributed by atoms with Gasteiger partial charge in [-0.05, 0) is 70.2 Å². The van der Waals surface area contributed by atoms with E-state index in [9.17, 15) is 4.79 Å². The van der Waals surface area contributed by atoms with Crippen molar-refractivity contribution in [2.75, 3.05) is 26.3 Å². The summed E-state index contributed by atoms with van der Waals surface area (Å²) in [7, 11) is 0. The topological polar surface area (TPSA) is 43.7 Å². The number of esters is 1. The van der Waals surface area contributed by atoms with E-state index in [4.69, 9.17) is 9.47 Å². The summed E-state index contributed by atoms with van der Waals surface area (Å²) >= 11 is 0. The maximum atomic E-state index is 13.1. The average Bonchev–Trinajstić information content (AvgIpc) is 3.16. The van der Waals surface area contributed by atoms with Crippen molar-refractivity contribution in [2.45, 2.75) is 84.4 Å². The van der Waals surface area contributed by atoms with Crippen LogP contribution in [0.25, 0.3) is 10.9 Å². The lowest BCUT2D eigenvalue weighted by Crippen LogP contribution is -2.52. The molecule has 0 saturated carbocycles. The Balaban J connectivity index is 1.58. The molecule has 1 fully saturated rings. The van der Waals surface area contributed by atoms with Crippen molar-refractivity contribution < 1.29 is 14.3 Å². The summed E-state index contributed by atoms with van der Waals surface area (Å²) in [6.07, 6.45) is 6.33. The second-order valence-electron chi connectivity index (χ2n) is 10.0. The van der Waals surface area contributed by atoms with E-state index in [-0.39, 0.29) is 18.0 Å². The van der Waals surface area contributed by atoms with Crippen LogP contribution < -0.4 is 0 Å². The Morgan fingerprint density at radius 3 is 2.72 bits per heavy atom. The molecule has 1 aliphatic carbocycles. The van der Waals surface area contributed by atoms with Gasteiger partial charge in [0.1, 0.15) is 6.61 Å². The van der Waals surface area contributed by atoms with Gasteiger partial charge in [-0.2, -0.15) is 0 Å². The fourth-order valence-corrected chi connectivity index (χ4v) is 5.76. The molecule has 2 heterocycles. The molecule has 5 nitrogen and oxygen atoms in total. The van der Waals surface area contributed by atoms with E-state index in [1.54, 1.807) is 0 Å². The zero-order valence-electron chi connectivity index (χ0n) is 20.5. The van der Waals surface area contributed by atoms with Crippen LogP contribution in [0.15, 0.2) is 24.4 Å². The highest BCUT2D eigenvalue weighted by Gasteiger charge is 2.43. The minimum Gasteiger partial charge on any atom is -0.463 e. The van der Waals surface area contributed by atoms with Gasteiger partial charge in [0, 0.05) is 48.3 Å². The number of carbonyl (C=O) groups is 1. The lowest BCUT2D eigenvalue weighted by Gasteiger charge is -2.46. The van der Waals surface area contributed by atoms with E-state index in [2.05, 4.69) is 61.6 Å². The molecule has 1 aliphatic heterocycles. The predicted molar refractivity (Wildman–Crippen MR) is 129 cm³/mol. The first-order valence-corrected chi connectivity index (χ1v) is 12.6. The zero-order chi connectivity index (χ0) is 22.8. The van der Waals surface area contributed by atoms with Gasteiger partial charge >= 0.3 is 5.97 Å². The normalized spacial score (nSPS) is 24.0. The molecule has 4 rings (SSSR count). The van der Waals surface area contributed by atoms with Gasteiger partial charge in [-0.3, -0.25) is 9.69 Å². The number of hydrogen-bond donors (Lipinski definition) is 0. The molecule has 5 heteroatoms. The van der Waals surface area contributed by atoms with E-state index in [0.29, 0.717) is 31.2 Å². The van der Waals surface area contributed by atoms with Gasteiger partial charge in [0.25, 0.3) is 0 Å². The largest absolute Gasteiger partial charge is 0.463 e. The second-order valence-corrected chi connectivity index (χ2v) is 10.0. The SMILES string of the molecule is CCCOC(C)COC(=O)[C@@H]1CC2c3cccc4c3c(cn4C(C)C)C[C@H]2N(CCC)C1. The number of piperidine rings is 1. The first-order chi connectivity index (χ1) is 15.4. The molecule has 0 radical (unpaired) electrons. The standard InChI is InChI=1S/C27H40N2O3/c1-6-11-28-15-21(27(30)32-17-19(5)31-12-7-2)13-23-22-9-8-10-24-26(22)20(14-25(23)28)16-29(24)18(3)4/h8-10,16,18-19,21,23,25H,6-7,11-15,17H2,1-5H3/t19?,21-,23?,25-/m1/s1. The third-order valence-corrected chi connectivity index (χ3v) is 7.19. The van der Waals surface area contributed by atoms with Gasteiger partial charge in [-0.1, -0.05) is 26.0 Å². The molecule has 2 aliphatic rings. The van der Waals surface area contributed by atoms with E-state index in [1.807, 2.05) is 6.92 Å². The smallest absolute Gasteiger partial charge is 0.310 e. The summed E-state index contributed by atoms with van der Waals surface area (Å²) < 4.78 is 13.8. The van der Waals surface area contributed by atoms with Crippen molar-refractivity contribution >= 4 is 16.9 Å². The number of likely N-dealkylation sites (tertiary alicyclic amines) is 1. The van der Waals surface area contributed by atoms with Gasteiger partial charge in [0.2, 0.25) is 0 Å². The minimum absolute atomic E-state index is 0.0521. The van der Waals surface area contributed by atoms with E-state index in [1.165, 1.54) is 22.0 Å². The van der Waals surface area contributed by atoms with Gasteiger partial charge in [-0.15, -0.1) is 0 Å². The van der Waals surface area contributed by atoms with Crippen LogP contribution in [0.4, 0.5) is 0 Å². The third kappa shape index (κ3) is 4.47. The minimum atomic E-state index is -0.0786. The maximum absolute atomic E-state index is 13.1. The number of carbonyl (C=O) groups excluding carboxylic acids is 1. The number of fused-ring (bicyclic) bond motifs is 2. The Morgan fingerprint density at radius 2 is 2.00 bits per heavy atom. The summed E-state index contributed by atoms with van der Waals surface area (Å²) in [6.45, 7) is 13.7. The number of benzene rings is 1. The molecule has 176 valence electrons. The molecule has 32 heavy (non-hydrogen) atoms. The molecule has 0 spiro atoms. The molecular weight excluding hydrogens is 400 g/mol. The molecule has 0 N–H and O–H groups in total. The molecule has 2 unspecified atom stereocenters. The van der Waals surface area contributed by atoms with Crippen LogP contribution in [0.5, 0.6) is 0 Å². The van der Waals surface area contributed by atoms with Crippen LogP contribution in [-0.2, 0) is 20.7 Å². The third-order valence-electron chi connectivity index (χ3n) is 7.19. The molecule has 1 aromatic heterocycles. The van der Waals surface area contributed by atoms with Crippen molar-refractivity contribution in [1.29, 1.82) is 0 Å². The highest BCUT2D eigenvalue weighted by Crippen LogP contribution is 2.46. The van der Waals surface area contributed by atoms with Crippen LogP contribution in [0.3, 0.4) is 0 Å². The molecular formula is C27H40N2O3. The van der Waals surface area contributed by atoms with Gasteiger partial charge < -0.3 is 14.0 Å². The van der Waals surface area contributed by atoms with Crippen LogP contribution in [-0.4, -0.2) is 53.9 Å². The summed E-state index contributed by atoms with van der Waals surface area (Å²) in [6, 6.07) is 7.64. The van der Waals surface area contributed by atoms with E-state index in [0.717, 1.165) is 38.8 Å². The molecule has 1 aromatic carbocycles. The Morgan fingerprint density at radius 1 is 1.19 bits per heavy atom. The average molecular weight is 441 g/mol. The maximum Gasteiger partial charge on any atom is 0.310 e. The molecule has 4 atom stereocenters. The van der Waals surface area contributed by atoms with E-state index < -0.39 is 0 Å². The molecule has 2 aromatic rings. The number of nitrogens with zero attached hydrogens (tertiary/aromatic N) is 2. The van der Waals surface area contributed by atoms with Gasteiger partial charge in [0.15, 0.2) is 0 Å². The van der Waals surface area contributed by atoms with Crippen molar-refractivity contribution in [2.24, 2.45) is 5.92 Å². The lowest BCUT2D eigenvalue weighted by molar-refractivity contribution is -0.155. The Bertz CT molecular complexity index is 934. The van der Waals surface area contributed by atoms with Crippen molar-refractivity contribution in [3.63, 3.8) is 0 Å². The number of ether oxygens (including phenoxy) is 2. The number of hydrogen-bond acceptors (Lipinski definition) is 4. The molecule has 1 saturated heterocycles. The fraction of sp³-hybridized carbons (Fsp3) is 0.667.